The average molecular weight is 214 g/mol. The summed E-state index contributed by atoms with van der Waals surface area (Å²) in [6, 6.07) is 0.364. The van der Waals surface area contributed by atoms with Crippen LogP contribution in [-0.4, -0.2) is 43.8 Å². The van der Waals surface area contributed by atoms with Crippen molar-refractivity contribution in [2.45, 2.75) is 39.2 Å². The fourth-order valence-corrected chi connectivity index (χ4v) is 2.14. The SMILES string of the molecule is CCCOCCN1CCC(C(C)N)CC1. The maximum Gasteiger partial charge on any atom is 0.0593 e. The standard InChI is InChI=1S/C12H26N2O/c1-3-9-15-10-8-14-6-4-12(5-7-14)11(2)13/h11-12H,3-10,13H2,1-2H3. The van der Waals surface area contributed by atoms with Gasteiger partial charge < -0.3 is 15.4 Å². The lowest BCUT2D eigenvalue weighted by Crippen LogP contribution is -2.40. The molecule has 90 valence electrons. The zero-order chi connectivity index (χ0) is 11.1. The van der Waals surface area contributed by atoms with Gasteiger partial charge in [0.25, 0.3) is 0 Å². The van der Waals surface area contributed by atoms with Gasteiger partial charge in [-0.15, -0.1) is 0 Å². The van der Waals surface area contributed by atoms with Crippen LogP contribution >= 0.6 is 0 Å². The number of nitrogens with zero attached hydrogens (tertiary/aromatic N) is 1. The van der Waals surface area contributed by atoms with Crippen LogP contribution in [0.2, 0.25) is 0 Å². The summed E-state index contributed by atoms with van der Waals surface area (Å²) in [4.78, 5) is 2.49. The van der Waals surface area contributed by atoms with Crippen molar-refractivity contribution in [1.82, 2.24) is 4.90 Å². The van der Waals surface area contributed by atoms with Crippen molar-refractivity contribution in [2.75, 3.05) is 32.8 Å². The Morgan fingerprint density at radius 2 is 2.00 bits per heavy atom. The summed E-state index contributed by atoms with van der Waals surface area (Å²) in [6.45, 7) is 9.54. The van der Waals surface area contributed by atoms with Gasteiger partial charge in [-0.1, -0.05) is 6.92 Å². The van der Waals surface area contributed by atoms with E-state index >= 15 is 0 Å². The van der Waals surface area contributed by atoms with Gasteiger partial charge in [0.2, 0.25) is 0 Å². The van der Waals surface area contributed by atoms with E-state index in [2.05, 4.69) is 18.7 Å². The molecule has 1 heterocycles. The minimum atomic E-state index is 0.364. The molecule has 1 saturated heterocycles. The molecule has 0 amide bonds. The van der Waals surface area contributed by atoms with Gasteiger partial charge in [0.1, 0.15) is 0 Å². The van der Waals surface area contributed by atoms with E-state index in [9.17, 15) is 0 Å². The highest BCUT2D eigenvalue weighted by Crippen LogP contribution is 2.18. The Balaban J connectivity index is 2.04. The van der Waals surface area contributed by atoms with Gasteiger partial charge >= 0.3 is 0 Å². The highest BCUT2D eigenvalue weighted by atomic mass is 16.5. The topological polar surface area (TPSA) is 38.5 Å². The first-order chi connectivity index (χ1) is 7.24. The Kier molecular flexibility index (Phi) is 6.22. The lowest BCUT2D eigenvalue weighted by Gasteiger charge is -2.33. The molecule has 1 rings (SSSR count). The van der Waals surface area contributed by atoms with E-state index in [4.69, 9.17) is 10.5 Å². The molecule has 1 aliphatic rings. The predicted molar refractivity (Wildman–Crippen MR) is 63.9 cm³/mol. The second kappa shape index (κ2) is 7.20. The fourth-order valence-electron chi connectivity index (χ4n) is 2.14. The van der Waals surface area contributed by atoms with Gasteiger partial charge in [0, 0.05) is 19.2 Å². The normalized spacial score (nSPS) is 21.8. The van der Waals surface area contributed by atoms with Crippen LogP contribution in [0.4, 0.5) is 0 Å². The molecular weight excluding hydrogens is 188 g/mol. The third-order valence-corrected chi connectivity index (χ3v) is 3.28. The lowest BCUT2D eigenvalue weighted by atomic mass is 9.91. The summed E-state index contributed by atoms with van der Waals surface area (Å²) in [5, 5.41) is 0. The van der Waals surface area contributed by atoms with Gasteiger partial charge in [-0.3, -0.25) is 0 Å². The largest absolute Gasteiger partial charge is 0.380 e. The number of nitrogens with two attached hydrogens (primary N) is 1. The van der Waals surface area contributed by atoms with Crippen LogP contribution in [0.1, 0.15) is 33.1 Å². The third kappa shape index (κ3) is 4.96. The second-order valence-electron chi connectivity index (χ2n) is 4.65. The predicted octanol–water partition coefficient (Wildman–Crippen LogP) is 1.47. The van der Waals surface area contributed by atoms with Crippen molar-refractivity contribution >= 4 is 0 Å². The van der Waals surface area contributed by atoms with Crippen molar-refractivity contribution in [3.05, 3.63) is 0 Å². The maximum atomic E-state index is 5.91. The average Bonchev–Trinajstić information content (AvgIpc) is 2.25. The Morgan fingerprint density at radius 3 is 2.53 bits per heavy atom. The first kappa shape index (κ1) is 12.9. The Labute approximate surface area is 94.0 Å². The molecule has 0 aliphatic carbocycles. The van der Waals surface area contributed by atoms with Gasteiger partial charge in [-0.2, -0.15) is 0 Å². The van der Waals surface area contributed by atoms with Gasteiger partial charge in [-0.25, -0.2) is 0 Å². The monoisotopic (exact) mass is 214 g/mol. The van der Waals surface area contributed by atoms with Crippen LogP contribution < -0.4 is 5.73 Å². The summed E-state index contributed by atoms with van der Waals surface area (Å²) in [6.07, 6.45) is 3.63. The summed E-state index contributed by atoms with van der Waals surface area (Å²) < 4.78 is 5.49. The quantitative estimate of drug-likeness (QED) is 0.681. The van der Waals surface area contributed by atoms with E-state index in [1.165, 1.54) is 25.9 Å². The van der Waals surface area contributed by atoms with Crippen molar-refractivity contribution in [1.29, 1.82) is 0 Å². The van der Waals surface area contributed by atoms with E-state index in [-0.39, 0.29) is 0 Å². The molecular formula is C12H26N2O. The molecule has 0 radical (unpaired) electrons. The molecule has 0 aromatic rings. The highest BCUT2D eigenvalue weighted by Gasteiger charge is 2.21. The zero-order valence-corrected chi connectivity index (χ0v) is 10.2. The minimum absolute atomic E-state index is 0.364. The number of piperidine rings is 1. The molecule has 1 aliphatic heterocycles. The second-order valence-corrected chi connectivity index (χ2v) is 4.65. The third-order valence-electron chi connectivity index (χ3n) is 3.28. The number of rotatable bonds is 6. The molecule has 15 heavy (non-hydrogen) atoms. The van der Waals surface area contributed by atoms with Gasteiger partial charge in [0.05, 0.1) is 6.61 Å². The Morgan fingerprint density at radius 1 is 1.33 bits per heavy atom. The van der Waals surface area contributed by atoms with Crippen LogP contribution in [0.25, 0.3) is 0 Å². The molecule has 1 fully saturated rings. The van der Waals surface area contributed by atoms with Crippen molar-refractivity contribution in [3.8, 4) is 0 Å². The summed E-state index contributed by atoms with van der Waals surface area (Å²) >= 11 is 0. The minimum Gasteiger partial charge on any atom is -0.380 e. The maximum absolute atomic E-state index is 5.91. The fraction of sp³-hybridized carbons (Fsp3) is 1.00. The molecule has 0 bridgehead atoms. The summed E-state index contributed by atoms with van der Waals surface area (Å²) in [5.74, 6) is 0.734. The van der Waals surface area contributed by atoms with E-state index in [1.807, 2.05) is 0 Å². The van der Waals surface area contributed by atoms with Crippen LogP contribution in [0, 0.1) is 5.92 Å². The lowest BCUT2D eigenvalue weighted by molar-refractivity contribution is 0.0865. The van der Waals surface area contributed by atoms with E-state index < -0.39 is 0 Å². The van der Waals surface area contributed by atoms with Crippen LogP contribution in [0.3, 0.4) is 0 Å². The highest BCUT2D eigenvalue weighted by molar-refractivity contribution is 4.77. The first-order valence-corrected chi connectivity index (χ1v) is 6.29. The summed E-state index contributed by atoms with van der Waals surface area (Å²) in [5.41, 5.74) is 5.91. The molecule has 3 nitrogen and oxygen atoms in total. The van der Waals surface area contributed by atoms with E-state index in [0.29, 0.717) is 6.04 Å². The van der Waals surface area contributed by atoms with Crippen LogP contribution in [0.15, 0.2) is 0 Å². The zero-order valence-electron chi connectivity index (χ0n) is 10.2. The van der Waals surface area contributed by atoms with Crippen molar-refractivity contribution in [3.63, 3.8) is 0 Å². The molecule has 0 spiro atoms. The molecule has 2 N–H and O–H groups in total. The number of hydrogen-bond acceptors (Lipinski definition) is 3. The van der Waals surface area contributed by atoms with Gasteiger partial charge in [0.15, 0.2) is 0 Å². The first-order valence-electron chi connectivity index (χ1n) is 6.29. The molecule has 0 aromatic heterocycles. The molecule has 1 atom stereocenters. The van der Waals surface area contributed by atoms with E-state index in [0.717, 1.165) is 32.1 Å². The number of likely N-dealkylation sites (tertiary alicyclic amines) is 1. The van der Waals surface area contributed by atoms with Crippen molar-refractivity contribution < 1.29 is 4.74 Å². The number of ether oxygens (including phenoxy) is 1. The van der Waals surface area contributed by atoms with Crippen molar-refractivity contribution in [2.24, 2.45) is 11.7 Å². The number of hydrogen-bond donors (Lipinski definition) is 1. The molecule has 0 saturated carbocycles. The van der Waals surface area contributed by atoms with E-state index in [1.54, 1.807) is 0 Å². The van der Waals surface area contributed by atoms with Crippen LogP contribution in [0.5, 0.6) is 0 Å². The summed E-state index contributed by atoms with van der Waals surface area (Å²) in [7, 11) is 0. The molecule has 1 unspecified atom stereocenters. The molecule has 0 aromatic carbocycles. The van der Waals surface area contributed by atoms with Crippen LogP contribution in [-0.2, 0) is 4.74 Å². The van der Waals surface area contributed by atoms with Gasteiger partial charge in [-0.05, 0) is 45.2 Å². The Bertz CT molecular complexity index is 154. The Hall–Kier alpha value is -0.120. The molecule has 3 heteroatoms. The smallest absolute Gasteiger partial charge is 0.0593 e.